The van der Waals surface area contributed by atoms with Gasteiger partial charge >= 0.3 is 5.97 Å². The van der Waals surface area contributed by atoms with Crippen molar-refractivity contribution in [3.8, 4) is 11.5 Å². The number of nitrogens with one attached hydrogen (secondary N) is 1. The summed E-state index contributed by atoms with van der Waals surface area (Å²) in [6.07, 6.45) is -0.976. The summed E-state index contributed by atoms with van der Waals surface area (Å²) in [5.41, 5.74) is 1.91. The van der Waals surface area contributed by atoms with Crippen LogP contribution in [0.1, 0.15) is 22.8 Å². The van der Waals surface area contributed by atoms with Crippen LogP contribution in [0.2, 0.25) is 0 Å². The topological polar surface area (TPSA) is 73.9 Å². The van der Waals surface area contributed by atoms with Crippen LogP contribution in [0.3, 0.4) is 0 Å². The van der Waals surface area contributed by atoms with E-state index in [-0.39, 0.29) is 5.56 Å². The number of hydrogen-bond donors (Lipinski definition) is 1. The molecule has 0 bridgehead atoms. The second-order valence-corrected chi connectivity index (χ2v) is 6.54. The normalized spacial score (nSPS) is 11.3. The second-order valence-electron chi connectivity index (χ2n) is 6.54. The third-order valence-corrected chi connectivity index (χ3v) is 4.35. The van der Waals surface area contributed by atoms with Crippen molar-refractivity contribution in [2.45, 2.75) is 19.6 Å². The van der Waals surface area contributed by atoms with Crippen molar-refractivity contribution in [3.05, 3.63) is 90.0 Å². The fourth-order valence-electron chi connectivity index (χ4n) is 2.71. The first-order valence-electron chi connectivity index (χ1n) is 9.48. The Morgan fingerprint density at radius 2 is 1.57 bits per heavy atom. The summed E-state index contributed by atoms with van der Waals surface area (Å²) < 4.78 is 16.1. The van der Waals surface area contributed by atoms with Crippen molar-refractivity contribution >= 4 is 17.6 Å². The molecule has 1 N–H and O–H groups in total. The van der Waals surface area contributed by atoms with Crippen molar-refractivity contribution < 1.29 is 23.8 Å². The van der Waals surface area contributed by atoms with E-state index in [1.54, 1.807) is 48.5 Å². The van der Waals surface area contributed by atoms with Crippen molar-refractivity contribution in [2.75, 3.05) is 12.4 Å². The van der Waals surface area contributed by atoms with Crippen LogP contribution >= 0.6 is 0 Å². The molecular weight excluding hydrogens is 382 g/mol. The van der Waals surface area contributed by atoms with Crippen molar-refractivity contribution in [2.24, 2.45) is 0 Å². The fourth-order valence-corrected chi connectivity index (χ4v) is 2.71. The minimum Gasteiger partial charge on any atom is -0.496 e. The molecule has 0 radical (unpaired) electrons. The van der Waals surface area contributed by atoms with Gasteiger partial charge in [0.15, 0.2) is 6.10 Å². The summed E-state index contributed by atoms with van der Waals surface area (Å²) in [7, 11) is 1.47. The van der Waals surface area contributed by atoms with Gasteiger partial charge in [0.2, 0.25) is 0 Å². The third kappa shape index (κ3) is 5.61. The SMILES string of the molecule is COc1ccccc1C(=O)O[C@H](C)C(=O)Nc1ccc(OCc2ccccc2)cc1. The molecule has 1 atom stereocenters. The lowest BCUT2D eigenvalue weighted by Gasteiger charge is -2.15. The van der Waals surface area contributed by atoms with Gasteiger partial charge in [-0.1, -0.05) is 42.5 Å². The Morgan fingerprint density at radius 3 is 2.27 bits per heavy atom. The van der Waals surface area contributed by atoms with Gasteiger partial charge in [0.1, 0.15) is 23.7 Å². The number of amides is 1. The predicted molar refractivity (Wildman–Crippen MR) is 114 cm³/mol. The summed E-state index contributed by atoms with van der Waals surface area (Å²) in [5.74, 6) is 0.0182. The molecule has 154 valence electrons. The summed E-state index contributed by atoms with van der Waals surface area (Å²) in [4.78, 5) is 24.7. The molecule has 0 heterocycles. The molecule has 0 saturated carbocycles. The molecule has 6 heteroatoms. The number of ether oxygens (including phenoxy) is 3. The zero-order chi connectivity index (χ0) is 21.3. The number of carbonyl (C=O) groups excluding carboxylic acids is 2. The highest BCUT2D eigenvalue weighted by molar-refractivity contribution is 5.98. The van der Waals surface area contributed by atoms with Crippen LogP contribution < -0.4 is 14.8 Å². The first-order valence-corrected chi connectivity index (χ1v) is 9.48. The van der Waals surface area contributed by atoms with Crippen LogP contribution in [0.25, 0.3) is 0 Å². The number of carbonyl (C=O) groups is 2. The number of para-hydroxylation sites is 1. The van der Waals surface area contributed by atoms with Gasteiger partial charge in [0.05, 0.1) is 7.11 Å². The molecule has 0 aromatic heterocycles. The van der Waals surface area contributed by atoms with Gasteiger partial charge in [-0.3, -0.25) is 4.79 Å². The van der Waals surface area contributed by atoms with E-state index in [4.69, 9.17) is 14.2 Å². The molecule has 1 amide bonds. The molecule has 0 saturated heterocycles. The van der Waals surface area contributed by atoms with Crippen LogP contribution in [0.5, 0.6) is 11.5 Å². The number of anilines is 1. The summed E-state index contributed by atoms with van der Waals surface area (Å²) in [6, 6.07) is 23.5. The number of methoxy groups -OCH3 is 1. The maximum Gasteiger partial charge on any atom is 0.342 e. The number of benzene rings is 3. The number of rotatable bonds is 8. The lowest BCUT2D eigenvalue weighted by atomic mass is 10.2. The monoisotopic (exact) mass is 405 g/mol. The molecule has 0 fully saturated rings. The molecule has 0 aliphatic heterocycles. The van der Waals surface area contributed by atoms with E-state index in [2.05, 4.69) is 5.32 Å². The maximum absolute atomic E-state index is 12.4. The Morgan fingerprint density at radius 1 is 0.900 bits per heavy atom. The van der Waals surface area contributed by atoms with Gasteiger partial charge in [-0.15, -0.1) is 0 Å². The van der Waals surface area contributed by atoms with Crippen molar-refractivity contribution in [3.63, 3.8) is 0 Å². The molecule has 3 aromatic carbocycles. The smallest absolute Gasteiger partial charge is 0.342 e. The summed E-state index contributed by atoms with van der Waals surface area (Å²) in [6.45, 7) is 1.97. The van der Waals surface area contributed by atoms with E-state index < -0.39 is 18.0 Å². The van der Waals surface area contributed by atoms with Crippen LogP contribution in [0, 0.1) is 0 Å². The number of hydrogen-bond acceptors (Lipinski definition) is 5. The van der Waals surface area contributed by atoms with Crippen molar-refractivity contribution in [1.82, 2.24) is 0 Å². The molecule has 3 aromatic rings. The molecule has 0 aliphatic rings. The average Bonchev–Trinajstić information content (AvgIpc) is 2.79. The summed E-state index contributed by atoms with van der Waals surface area (Å²) in [5, 5.41) is 2.73. The number of esters is 1. The van der Waals surface area contributed by atoms with Crippen LogP contribution in [-0.2, 0) is 16.1 Å². The van der Waals surface area contributed by atoms with Gasteiger partial charge in [-0.05, 0) is 48.9 Å². The van der Waals surface area contributed by atoms with Crippen molar-refractivity contribution in [1.29, 1.82) is 0 Å². The van der Waals surface area contributed by atoms with E-state index in [0.717, 1.165) is 5.56 Å². The highest BCUT2D eigenvalue weighted by Gasteiger charge is 2.21. The van der Waals surface area contributed by atoms with E-state index in [1.807, 2.05) is 30.3 Å². The Balaban J connectivity index is 1.52. The van der Waals surface area contributed by atoms with Gasteiger partial charge < -0.3 is 19.5 Å². The largest absolute Gasteiger partial charge is 0.496 e. The van der Waals surface area contributed by atoms with Gasteiger partial charge in [-0.25, -0.2) is 4.79 Å². The quantitative estimate of drug-likeness (QED) is 0.560. The minimum absolute atomic E-state index is 0.263. The highest BCUT2D eigenvalue weighted by Crippen LogP contribution is 2.20. The molecular formula is C24H23NO5. The minimum atomic E-state index is -0.976. The molecule has 0 aliphatic carbocycles. The predicted octanol–water partition coefficient (Wildman–Crippen LogP) is 4.46. The molecule has 6 nitrogen and oxygen atoms in total. The Kier molecular flexibility index (Phi) is 7.05. The first-order chi connectivity index (χ1) is 14.6. The lowest BCUT2D eigenvalue weighted by molar-refractivity contribution is -0.123. The van der Waals surface area contributed by atoms with Gasteiger partial charge in [0, 0.05) is 5.69 Å². The standard InChI is InChI=1S/C24H23NO5/c1-17(30-24(27)21-10-6-7-11-22(21)28-2)23(26)25-19-12-14-20(15-13-19)29-16-18-8-4-3-5-9-18/h3-15,17H,16H2,1-2H3,(H,25,26)/t17-/m1/s1. The summed E-state index contributed by atoms with van der Waals surface area (Å²) >= 11 is 0. The van der Waals surface area contributed by atoms with E-state index in [1.165, 1.54) is 14.0 Å². The Labute approximate surface area is 175 Å². The molecule has 0 unspecified atom stereocenters. The van der Waals surface area contributed by atoms with Crippen LogP contribution in [0.15, 0.2) is 78.9 Å². The molecule has 30 heavy (non-hydrogen) atoms. The zero-order valence-corrected chi connectivity index (χ0v) is 16.8. The van der Waals surface area contributed by atoms with E-state index >= 15 is 0 Å². The Bertz CT molecular complexity index is 986. The zero-order valence-electron chi connectivity index (χ0n) is 16.8. The van der Waals surface area contributed by atoms with Crippen LogP contribution in [0.4, 0.5) is 5.69 Å². The average molecular weight is 405 g/mol. The lowest BCUT2D eigenvalue weighted by Crippen LogP contribution is -2.30. The van der Waals surface area contributed by atoms with Crippen LogP contribution in [-0.4, -0.2) is 25.1 Å². The fraction of sp³-hybridized carbons (Fsp3) is 0.167. The third-order valence-electron chi connectivity index (χ3n) is 4.35. The van der Waals surface area contributed by atoms with Gasteiger partial charge in [0.25, 0.3) is 5.91 Å². The molecule has 0 spiro atoms. The van der Waals surface area contributed by atoms with E-state index in [9.17, 15) is 9.59 Å². The maximum atomic E-state index is 12.4. The second kappa shape index (κ2) is 10.1. The molecule has 3 rings (SSSR count). The van der Waals surface area contributed by atoms with E-state index in [0.29, 0.717) is 23.8 Å². The first kappa shape index (κ1) is 20.9. The Hall–Kier alpha value is -3.80. The van der Waals surface area contributed by atoms with Gasteiger partial charge in [-0.2, -0.15) is 0 Å². The highest BCUT2D eigenvalue weighted by atomic mass is 16.5.